The van der Waals surface area contributed by atoms with E-state index in [0.29, 0.717) is 24.3 Å². The van der Waals surface area contributed by atoms with Crippen LogP contribution in [0.1, 0.15) is 52.9 Å². The van der Waals surface area contributed by atoms with Crippen LogP contribution >= 0.6 is 0 Å². The highest BCUT2D eigenvalue weighted by Gasteiger charge is 2.38. The molecule has 132 valence electrons. The number of carbonyl (C=O) groups excluding carboxylic acids is 1. The summed E-state index contributed by atoms with van der Waals surface area (Å²) >= 11 is 0. The average Bonchev–Trinajstić information content (AvgIpc) is 2.48. The zero-order valence-corrected chi connectivity index (χ0v) is 14.6. The van der Waals surface area contributed by atoms with Crippen molar-refractivity contribution >= 4 is 5.91 Å². The van der Waals surface area contributed by atoms with Crippen molar-refractivity contribution in [2.45, 2.75) is 65.2 Å². The molecule has 0 spiro atoms. The molecule has 1 aliphatic carbocycles. The average molecular weight is 325 g/mol. The van der Waals surface area contributed by atoms with Crippen LogP contribution in [-0.4, -0.2) is 36.6 Å². The topological polar surface area (TPSA) is 67.8 Å². The molecule has 0 bridgehead atoms. The van der Waals surface area contributed by atoms with Gasteiger partial charge in [0, 0.05) is 25.2 Å². The first-order valence-corrected chi connectivity index (χ1v) is 8.98. The molecule has 2 N–H and O–H groups in total. The molecule has 1 fully saturated rings. The van der Waals surface area contributed by atoms with Gasteiger partial charge in [0.1, 0.15) is 0 Å². The fraction of sp³-hybridized carbons (Fsp3) is 0.833. The first-order chi connectivity index (χ1) is 11.1. The van der Waals surface area contributed by atoms with Crippen molar-refractivity contribution in [2.24, 2.45) is 17.8 Å². The van der Waals surface area contributed by atoms with Crippen molar-refractivity contribution in [3.8, 4) is 0 Å². The SMILES string of the molecule is CCO[C@@H]1OC(C(=O)NC2CCC2)=C[C@H](C(C)C)[C@@H]1CCCO. The Labute approximate surface area is 139 Å². The number of aliphatic hydroxyl groups is 1. The highest BCUT2D eigenvalue weighted by molar-refractivity contribution is 5.91. The van der Waals surface area contributed by atoms with Crippen molar-refractivity contribution in [3.05, 3.63) is 11.8 Å². The van der Waals surface area contributed by atoms with Crippen LogP contribution in [0, 0.1) is 17.8 Å². The van der Waals surface area contributed by atoms with E-state index in [1.165, 1.54) is 6.42 Å². The Hall–Kier alpha value is -1.07. The molecule has 0 unspecified atom stereocenters. The first-order valence-electron chi connectivity index (χ1n) is 8.98. The van der Waals surface area contributed by atoms with E-state index in [1.807, 2.05) is 13.0 Å². The fourth-order valence-corrected chi connectivity index (χ4v) is 3.33. The maximum atomic E-state index is 12.4. The maximum absolute atomic E-state index is 12.4. The first kappa shape index (κ1) is 18.3. The molecule has 0 aromatic heterocycles. The standard InChI is InChI=1S/C18H31NO4/c1-4-22-18-14(9-6-10-20)15(12(2)3)11-16(23-18)17(21)19-13-7-5-8-13/h11-15,18,20H,4-10H2,1-3H3,(H,19,21)/t14-,15+,18+/m0/s1. The Bertz CT molecular complexity index is 417. The molecular formula is C18H31NO4. The van der Waals surface area contributed by atoms with Gasteiger partial charge >= 0.3 is 0 Å². The van der Waals surface area contributed by atoms with E-state index in [4.69, 9.17) is 14.6 Å². The Morgan fingerprint density at radius 3 is 2.74 bits per heavy atom. The second-order valence-electron chi connectivity index (χ2n) is 6.92. The summed E-state index contributed by atoms with van der Waals surface area (Å²) in [6, 6.07) is 0.294. The zero-order valence-electron chi connectivity index (χ0n) is 14.6. The van der Waals surface area contributed by atoms with Gasteiger partial charge in [-0.2, -0.15) is 0 Å². The second-order valence-corrected chi connectivity index (χ2v) is 6.92. The van der Waals surface area contributed by atoms with Gasteiger partial charge in [0.15, 0.2) is 5.76 Å². The molecule has 1 saturated carbocycles. The van der Waals surface area contributed by atoms with Gasteiger partial charge in [-0.25, -0.2) is 0 Å². The summed E-state index contributed by atoms with van der Waals surface area (Å²) < 4.78 is 11.7. The minimum absolute atomic E-state index is 0.120. The van der Waals surface area contributed by atoms with Crippen LogP contribution in [0.2, 0.25) is 0 Å². The summed E-state index contributed by atoms with van der Waals surface area (Å²) in [5, 5.41) is 12.2. The quantitative estimate of drug-likeness (QED) is 0.720. The van der Waals surface area contributed by atoms with Crippen LogP contribution in [0.25, 0.3) is 0 Å². The molecule has 0 aromatic carbocycles. The van der Waals surface area contributed by atoms with Gasteiger partial charge in [-0.1, -0.05) is 13.8 Å². The van der Waals surface area contributed by atoms with E-state index in [9.17, 15) is 4.79 Å². The fourth-order valence-electron chi connectivity index (χ4n) is 3.33. The molecule has 1 amide bonds. The number of allylic oxidation sites excluding steroid dienone is 1. The molecule has 2 rings (SSSR count). The van der Waals surface area contributed by atoms with Gasteiger partial charge in [-0.3, -0.25) is 4.79 Å². The summed E-state index contributed by atoms with van der Waals surface area (Å²) in [4.78, 5) is 12.4. The molecule has 5 nitrogen and oxygen atoms in total. The molecule has 3 atom stereocenters. The number of nitrogens with one attached hydrogen (secondary N) is 1. The molecule has 2 aliphatic rings. The van der Waals surface area contributed by atoms with Crippen LogP contribution in [0.3, 0.4) is 0 Å². The third-order valence-electron chi connectivity index (χ3n) is 4.89. The molecule has 0 aromatic rings. The smallest absolute Gasteiger partial charge is 0.286 e. The van der Waals surface area contributed by atoms with Gasteiger partial charge in [0.25, 0.3) is 5.91 Å². The van der Waals surface area contributed by atoms with E-state index in [2.05, 4.69) is 19.2 Å². The summed E-state index contributed by atoms with van der Waals surface area (Å²) in [7, 11) is 0. The lowest BCUT2D eigenvalue weighted by Crippen LogP contribution is -2.44. The summed E-state index contributed by atoms with van der Waals surface area (Å²) in [5.41, 5.74) is 0. The molecule has 0 saturated heterocycles. The van der Waals surface area contributed by atoms with Crippen molar-refractivity contribution in [1.82, 2.24) is 5.32 Å². The molecule has 23 heavy (non-hydrogen) atoms. The van der Waals surface area contributed by atoms with Crippen molar-refractivity contribution < 1.29 is 19.4 Å². The molecule has 0 radical (unpaired) electrons. The maximum Gasteiger partial charge on any atom is 0.286 e. The van der Waals surface area contributed by atoms with Crippen LogP contribution in [0.15, 0.2) is 11.8 Å². The summed E-state index contributed by atoms with van der Waals surface area (Å²) in [5.74, 6) is 1.05. The number of hydrogen-bond donors (Lipinski definition) is 2. The molecule has 1 aliphatic heterocycles. The van der Waals surface area contributed by atoms with Crippen LogP contribution in [-0.2, 0) is 14.3 Å². The number of hydrogen-bond acceptors (Lipinski definition) is 4. The monoisotopic (exact) mass is 325 g/mol. The Kier molecular flexibility index (Phi) is 6.90. The van der Waals surface area contributed by atoms with Gasteiger partial charge < -0.3 is 19.9 Å². The number of amides is 1. The molecule has 5 heteroatoms. The van der Waals surface area contributed by atoms with Crippen LogP contribution < -0.4 is 5.32 Å². The van der Waals surface area contributed by atoms with Crippen molar-refractivity contribution in [1.29, 1.82) is 0 Å². The van der Waals surface area contributed by atoms with E-state index < -0.39 is 6.29 Å². The van der Waals surface area contributed by atoms with E-state index in [1.54, 1.807) is 0 Å². The van der Waals surface area contributed by atoms with Gasteiger partial charge in [-0.05, 0) is 56.9 Å². The highest BCUT2D eigenvalue weighted by atomic mass is 16.7. The largest absolute Gasteiger partial charge is 0.459 e. The minimum atomic E-state index is -0.411. The predicted molar refractivity (Wildman–Crippen MR) is 88.5 cm³/mol. The highest BCUT2D eigenvalue weighted by Crippen LogP contribution is 2.37. The van der Waals surface area contributed by atoms with Gasteiger partial charge in [0.2, 0.25) is 6.29 Å². The lowest BCUT2D eigenvalue weighted by atomic mass is 9.78. The number of aliphatic hydroxyl groups excluding tert-OH is 1. The third-order valence-corrected chi connectivity index (χ3v) is 4.89. The number of rotatable bonds is 8. The predicted octanol–water partition coefficient (Wildman–Crippen LogP) is 2.59. The van der Waals surface area contributed by atoms with Crippen molar-refractivity contribution in [3.63, 3.8) is 0 Å². The Balaban J connectivity index is 2.13. The van der Waals surface area contributed by atoms with Gasteiger partial charge in [-0.15, -0.1) is 0 Å². The summed E-state index contributed by atoms with van der Waals surface area (Å²) in [6.45, 7) is 6.95. The second kappa shape index (κ2) is 8.69. The molecular weight excluding hydrogens is 294 g/mol. The zero-order chi connectivity index (χ0) is 16.8. The number of ether oxygens (including phenoxy) is 2. The lowest BCUT2D eigenvalue weighted by molar-refractivity contribution is -0.175. The van der Waals surface area contributed by atoms with Gasteiger partial charge in [0.05, 0.1) is 0 Å². The number of carbonyl (C=O) groups is 1. The molecule has 1 heterocycles. The normalized spacial score (nSPS) is 28.0. The van der Waals surface area contributed by atoms with E-state index >= 15 is 0 Å². The Morgan fingerprint density at radius 2 is 2.22 bits per heavy atom. The lowest BCUT2D eigenvalue weighted by Gasteiger charge is -2.39. The van der Waals surface area contributed by atoms with Crippen LogP contribution in [0.4, 0.5) is 0 Å². The van der Waals surface area contributed by atoms with E-state index in [0.717, 1.165) is 25.7 Å². The van der Waals surface area contributed by atoms with E-state index in [-0.39, 0.29) is 24.3 Å². The summed E-state index contributed by atoms with van der Waals surface area (Å²) in [6.07, 6.45) is 6.41. The van der Waals surface area contributed by atoms with Crippen LogP contribution in [0.5, 0.6) is 0 Å². The minimum Gasteiger partial charge on any atom is -0.459 e. The Morgan fingerprint density at radius 1 is 1.48 bits per heavy atom. The third kappa shape index (κ3) is 4.70. The van der Waals surface area contributed by atoms with Crippen molar-refractivity contribution in [2.75, 3.05) is 13.2 Å².